The van der Waals surface area contributed by atoms with Crippen molar-refractivity contribution in [2.45, 2.75) is 31.9 Å². The number of anilines is 2. The Labute approximate surface area is 182 Å². The molecule has 2 aromatic rings. The van der Waals surface area contributed by atoms with Crippen molar-refractivity contribution < 1.29 is 23.1 Å². The molecular weight excluding hydrogens is 429 g/mol. The Bertz CT molecular complexity index is 1020. The van der Waals surface area contributed by atoms with E-state index >= 15 is 0 Å². The van der Waals surface area contributed by atoms with Crippen LogP contribution < -0.4 is 9.80 Å². The van der Waals surface area contributed by atoms with E-state index < -0.39 is 23.3 Å². The van der Waals surface area contributed by atoms with Crippen molar-refractivity contribution in [2.75, 3.05) is 23.0 Å². The van der Waals surface area contributed by atoms with Crippen molar-refractivity contribution in [3.63, 3.8) is 0 Å². The second kappa shape index (κ2) is 9.41. The minimum atomic E-state index is -4.80. The highest BCUT2D eigenvalue weighted by atomic mass is 32.1. The molecule has 1 aromatic carbocycles. The van der Waals surface area contributed by atoms with E-state index in [0.717, 1.165) is 22.7 Å². The molecule has 31 heavy (non-hydrogen) atoms. The molecule has 1 amide bonds. The molecule has 0 unspecified atom stereocenters. The van der Waals surface area contributed by atoms with Gasteiger partial charge < -0.3 is 10.0 Å². The normalized spacial score (nSPS) is 15.1. The number of thiocarbonyl (C=S) groups is 1. The number of nitriles is 1. The molecule has 0 bridgehead atoms. The van der Waals surface area contributed by atoms with Crippen LogP contribution in [0.3, 0.4) is 0 Å². The van der Waals surface area contributed by atoms with E-state index in [2.05, 4.69) is 4.98 Å². The zero-order valence-electron chi connectivity index (χ0n) is 16.4. The number of carbonyl (C=O) groups excluding carboxylic acids is 1. The van der Waals surface area contributed by atoms with Gasteiger partial charge in [-0.3, -0.25) is 9.69 Å². The summed E-state index contributed by atoms with van der Waals surface area (Å²) in [6.45, 7) is 0.514. The van der Waals surface area contributed by atoms with Gasteiger partial charge in [0.05, 0.1) is 17.4 Å². The second-order valence-corrected chi connectivity index (χ2v) is 7.32. The van der Waals surface area contributed by atoms with E-state index in [4.69, 9.17) is 22.6 Å². The van der Waals surface area contributed by atoms with Crippen molar-refractivity contribution in [1.82, 2.24) is 4.98 Å². The molecule has 162 valence electrons. The van der Waals surface area contributed by atoms with Crippen LogP contribution in [0.5, 0.6) is 0 Å². The molecule has 10 heteroatoms. The maximum absolute atomic E-state index is 13.4. The van der Waals surface area contributed by atoms with Gasteiger partial charge >= 0.3 is 6.18 Å². The Morgan fingerprint density at radius 1 is 1.23 bits per heavy atom. The predicted molar refractivity (Wildman–Crippen MR) is 112 cm³/mol. The first kappa shape index (κ1) is 22.7. The lowest BCUT2D eigenvalue weighted by molar-refractivity contribution is -0.138. The number of rotatable bonds is 5. The van der Waals surface area contributed by atoms with Crippen LogP contribution in [0.4, 0.5) is 24.5 Å². The Kier molecular flexibility index (Phi) is 6.87. The van der Waals surface area contributed by atoms with Crippen molar-refractivity contribution in [3.8, 4) is 6.07 Å². The fourth-order valence-electron chi connectivity index (χ4n) is 3.32. The Balaban J connectivity index is 1.96. The zero-order chi connectivity index (χ0) is 22.6. The van der Waals surface area contributed by atoms with Gasteiger partial charge in [0, 0.05) is 25.3 Å². The SMILES string of the molecule is N#Cc1ncc(N2C(=O)CCCN(c3ccc(CCCO)cc3)C2=S)cc1C(F)(F)F. The van der Waals surface area contributed by atoms with Gasteiger partial charge in [0.1, 0.15) is 6.07 Å². The quantitative estimate of drug-likeness (QED) is 0.701. The summed E-state index contributed by atoms with van der Waals surface area (Å²) in [5, 5.41) is 18.0. The number of amides is 1. The van der Waals surface area contributed by atoms with Crippen molar-refractivity contribution in [3.05, 3.63) is 53.3 Å². The Morgan fingerprint density at radius 3 is 2.55 bits per heavy atom. The van der Waals surface area contributed by atoms with Gasteiger partial charge in [-0.2, -0.15) is 18.4 Å². The van der Waals surface area contributed by atoms with Gasteiger partial charge in [-0.05, 0) is 55.2 Å². The molecule has 1 N–H and O–H groups in total. The first-order chi connectivity index (χ1) is 14.8. The molecule has 0 radical (unpaired) electrons. The van der Waals surface area contributed by atoms with Crippen molar-refractivity contribution >= 4 is 34.6 Å². The maximum Gasteiger partial charge on any atom is 0.419 e. The number of carbonyl (C=O) groups is 1. The van der Waals surface area contributed by atoms with Gasteiger partial charge in [0.15, 0.2) is 10.8 Å². The van der Waals surface area contributed by atoms with E-state index in [1.807, 2.05) is 24.3 Å². The smallest absolute Gasteiger partial charge is 0.396 e. The number of pyridine rings is 1. The summed E-state index contributed by atoms with van der Waals surface area (Å²) in [6.07, 6.45) is -1.82. The number of benzene rings is 1. The lowest BCUT2D eigenvalue weighted by Gasteiger charge is -2.30. The fraction of sp³-hybridized carbons (Fsp3) is 0.333. The van der Waals surface area contributed by atoms with Gasteiger partial charge in [-0.1, -0.05) is 12.1 Å². The number of alkyl halides is 3. The first-order valence-electron chi connectivity index (χ1n) is 9.58. The van der Waals surface area contributed by atoms with E-state index in [9.17, 15) is 18.0 Å². The molecule has 0 aliphatic carbocycles. The molecule has 0 saturated carbocycles. The van der Waals surface area contributed by atoms with E-state index in [0.29, 0.717) is 31.5 Å². The third kappa shape index (κ3) is 5.00. The number of halogens is 3. The number of nitrogens with zero attached hydrogens (tertiary/aromatic N) is 4. The predicted octanol–water partition coefficient (Wildman–Crippen LogP) is 3.82. The van der Waals surface area contributed by atoms with E-state index in [1.165, 1.54) is 6.07 Å². The van der Waals surface area contributed by atoms with Crippen LogP contribution >= 0.6 is 12.2 Å². The van der Waals surface area contributed by atoms with Crippen LogP contribution in [0.25, 0.3) is 0 Å². The molecule has 3 rings (SSSR count). The number of hydrogen-bond donors (Lipinski definition) is 1. The molecule has 1 aromatic heterocycles. The summed E-state index contributed by atoms with van der Waals surface area (Å²) in [7, 11) is 0. The number of aromatic nitrogens is 1. The lowest BCUT2D eigenvalue weighted by atomic mass is 10.1. The molecule has 1 aliphatic rings. The van der Waals surface area contributed by atoms with Gasteiger partial charge in [-0.25, -0.2) is 4.98 Å². The standard InChI is InChI=1S/C21H19F3N4O2S/c22-21(23,24)17-11-16(13-26-18(17)12-25)28-19(30)4-1-9-27(20(28)31)15-7-5-14(6-8-15)3-2-10-29/h5-8,11,13,29H,1-4,9-10H2. The summed E-state index contributed by atoms with van der Waals surface area (Å²) >= 11 is 5.50. The molecule has 1 fully saturated rings. The molecule has 1 aliphatic heterocycles. The molecule has 2 heterocycles. The average molecular weight is 448 g/mol. The van der Waals surface area contributed by atoms with Crippen LogP contribution in [0, 0.1) is 11.3 Å². The minimum absolute atomic E-state index is 0.0465. The lowest BCUT2D eigenvalue weighted by Crippen LogP contribution is -2.44. The number of aliphatic hydroxyl groups is 1. The molecule has 1 saturated heterocycles. The highest BCUT2D eigenvalue weighted by molar-refractivity contribution is 7.81. The van der Waals surface area contributed by atoms with Gasteiger partial charge in [-0.15, -0.1) is 0 Å². The van der Waals surface area contributed by atoms with Gasteiger partial charge in [0.2, 0.25) is 5.91 Å². The number of hydrogen-bond acceptors (Lipinski definition) is 5. The van der Waals surface area contributed by atoms with Crippen LogP contribution in [-0.4, -0.2) is 34.3 Å². The third-order valence-electron chi connectivity index (χ3n) is 4.86. The van der Waals surface area contributed by atoms with Crippen LogP contribution in [0.2, 0.25) is 0 Å². The van der Waals surface area contributed by atoms with Crippen LogP contribution in [0.1, 0.15) is 36.1 Å². The largest absolute Gasteiger partial charge is 0.419 e. The van der Waals surface area contributed by atoms with E-state index in [1.54, 1.807) is 4.90 Å². The first-order valence-corrected chi connectivity index (χ1v) is 9.98. The topological polar surface area (TPSA) is 80.5 Å². The maximum atomic E-state index is 13.4. The summed E-state index contributed by atoms with van der Waals surface area (Å²) in [4.78, 5) is 19.0. The Hall–Kier alpha value is -3.03. The fourth-order valence-corrected chi connectivity index (χ4v) is 3.73. The minimum Gasteiger partial charge on any atom is -0.396 e. The zero-order valence-corrected chi connectivity index (χ0v) is 17.2. The summed E-state index contributed by atoms with van der Waals surface area (Å²) in [6, 6.07) is 9.58. The molecule has 0 spiro atoms. The molecule has 0 atom stereocenters. The van der Waals surface area contributed by atoms with Crippen molar-refractivity contribution in [2.24, 2.45) is 0 Å². The summed E-state index contributed by atoms with van der Waals surface area (Å²) in [5.74, 6) is -0.438. The second-order valence-electron chi connectivity index (χ2n) is 6.96. The number of aryl methyl sites for hydroxylation is 1. The Morgan fingerprint density at radius 2 is 1.94 bits per heavy atom. The monoisotopic (exact) mass is 448 g/mol. The van der Waals surface area contributed by atoms with Crippen LogP contribution in [0.15, 0.2) is 36.5 Å². The summed E-state index contributed by atoms with van der Waals surface area (Å²) in [5.41, 5.74) is -0.382. The van der Waals surface area contributed by atoms with Gasteiger partial charge in [0.25, 0.3) is 0 Å². The van der Waals surface area contributed by atoms with E-state index in [-0.39, 0.29) is 23.8 Å². The number of aliphatic hydroxyl groups excluding tert-OH is 1. The highest BCUT2D eigenvalue weighted by Crippen LogP contribution is 2.34. The average Bonchev–Trinajstić information content (AvgIpc) is 2.89. The highest BCUT2D eigenvalue weighted by Gasteiger charge is 2.37. The summed E-state index contributed by atoms with van der Waals surface area (Å²) < 4.78 is 40.1. The van der Waals surface area contributed by atoms with Crippen LogP contribution in [-0.2, 0) is 17.4 Å². The molecule has 6 nitrogen and oxygen atoms in total. The molecular formula is C21H19F3N4O2S. The third-order valence-corrected chi connectivity index (χ3v) is 5.26. The van der Waals surface area contributed by atoms with Crippen molar-refractivity contribution in [1.29, 1.82) is 5.26 Å².